The molecule has 0 aromatic heterocycles. The lowest BCUT2D eigenvalue weighted by molar-refractivity contribution is -0.0209. The van der Waals surface area contributed by atoms with Crippen molar-refractivity contribution in [3.8, 4) is 16.9 Å². The lowest BCUT2D eigenvalue weighted by Crippen LogP contribution is -2.44. The number of rotatable bonds is 8. The van der Waals surface area contributed by atoms with Crippen LogP contribution in [0.5, 0.6) is 5.75 Å². The van der Waals surface area contributed by atoms with Gasteiger partial charge in [0.05, 0.1) is 12.6 Å². The topological polar surface area (TPSA) is 60.0 Å². The van der Waals surface area contributed by atoms with Gasteiger partial charge in [-0.1, -0.05) is 43.3 Å². The molecule has 236 valence electrons. The van der Waals surface area contributed by atoms with Gasteiger partial charge in [0.2, 0.25) is 0 Å². The Balaban J connectivity index is 1.44. The van der Waals surface area contributed by atoms with E-state index in [2.05, 4.69) is 35.3 Å². The number of hydrogen-bond acceptors (Lipinski definition) is 5. The smallest absolute Gasteiger partial charge is 0.408 e. The predicted octanol–water partition coefficient (Wildman–Crippen LogP) is 8.62. The third-order valence-electron chi connectivity index (χ3n) is 8.86. The Labute approximate surface area is 261 Å². The van der Waals surface area contributed by atoms with E-state index in [0.717, 1.165) is 80.1 Å². The first-order chi connectivity index (χ1) is 21.1. The summed E-state index contributed by atoms with van der Waals surface area (Å²) in [7, 11) is 0. The number of para-hydroxylation sites is 1. The minimum atomic E-state index is -0.640. The molecule has 2 aliphatic rings. The predicted molar refractivity (Wildman–Crippen MR) is 174 cm³/mol. The van der Waals surface area contributed by atoms with E-state index in [1.165, 1.54) is 6.42 Å². The van der Waals surface area contributed by atoms with Gasteiger partial charge < -0.3 is 24.4 Å². The van der Waals surface area contributed by atoms with Gasteiger partial charge in [0.25, 0.3) is 0 Å². The maximum atomic E-state index is 16.2. The summed E-state index contributed by atoms with van der Waals surface area (Å²) >= 11 is 0. The molecule has 1 amide bonds. The van der Waals surface area contributed by atoms with Crippen LogP contribution in [0.25, 0.3) is 11.1 Å². The molecule has 44 heavy (non-hydrogen) atoms. The summed E-state index contributed by atoms with van der Waals surface area (Å²) in [6.07, 6.45) is 4.84. The van der Waals surface area contributed by atoms with Crippen molar-refractivity contribution in [3.05, 3.63) is 83.2 Å². The molecule has 1 N–H and O–H groups in total. The van der Waals surface area contributed by atoms with Crippen LogP contribution in [-0.2, 0) is 22.5 Å². The second kappa shape index (κ2) is 13.6. The van der Waals surface area contributed by atoms with Crippen molar-refractivity contribution in [2.75, 3.05) is 31.2 Å². The fraction of sp³-hybridized carbons (Fsp3) is 0.486. The zero-order valence-corrected chi connectivity index (χ0v) is 26.9. The molecule has 0 aliphatic carbocycles. The van der Waals surface area contributed by atoms with Crippen molar-refractivity contribution in [2.45, 2.75) is 85.0 Å². The highest BCUT2D eigenvalue weighted by molar-refractivity contribution is 5.72. The molecule has 5 rings (SSSR count). The second-order valence-corrected chi connectivity index (χ2v) is 13.4. The maximum Gasteiger partial charge on any atom is 0.408 e. The number of hydrogen-bond donors (Lipinski definition) is 1. The van der Waals surface area contributed by atoms with Crippen molar-refractivity contribution >= 4 is 11.8 Å². The molecular weight excluding hydrogens is 555 g/mol. The molecule has 1 spiro atoms. The van der Waals surface area contributed by atoms with E-state index < -0.39 is 17.7 Å². The molecule has 6 nitrogen and oxygen atoms in total. The van der Waals surface area contributed by atoms with E-state index >= 15 is 4.39 Å². The summed E-state index contributed by atoms with van der Waals surface area (Å²) in [5.41, 5.74) is 4.53. The average molecular weight is 603 g/mol. The number of carbonyl (C=O) groups excluding carboxylic acids is 1. The van der Waals surface area contributed by atoms with Crippen LogP contribution in [0.3, 0.4) is 0 Å². The summed E-state index contributed by atoms with van der Waals surface area (Å²) in [5.74, 6) is 0.516. The summed E-state index contributed by atoms with van der Waals surface area (Å²) in [4.78, 5) is 14.9. The first kappa shape index (κ1) is 31.8. The van der Waals surface area contributed by atoms with E-state index in [9.17, 15) is 4.79 Å². The van der Waals surface area contributed by atoms with Gasteiger partial charge in [0.1, 0.15) is 23.8 Å². The Morgan fingerprint density at radius 3 is 2.55 bits per heavy atom. The van der Waals surface area contributed by atoms with E-state index in [4.69, 9.17) is 14.2 Å². The molecule has 3 aromatic carbocycles. The van der Waals surface area contributed by atoms with E-state index in [1.54, 1.807) is 39.8 Å². The number of anilines is 1. The van der Waals surface area contributed by atoms with E-state index in [1.807, 2.05) is 30.3 Å². The minimum absolute atomic E-state index is 0.278. The number of ether oxygens (including phenoxy) is 3. The molecule has 2 heterocycles. The van der Waals surface area contributed by atoms with Crippen LogP contribution >= 0.6 is 0 Å². The molecular formula is C37H47FN2O4. The van der Waals surface area contributed by atoms with Gasteiger partial charge >= 0.3 is 6.09 Å². The zero-order valence-electron chi connectivity index (χ0n) is 26.9. The third kappa shape index (κ3) is 7.73. The SMILES string of the molecule is CCc1ccccc1OCc1cc(-c2cccc(C(C)NC(=O)OC(C)(C)C)c2F)cc(N2CCC3(CCCOC3)CC2)c1. The lowest BCUT2D eigenvalue weighted by atomic mass is 9.74. The van der Waals surface area contributed by atoms with Gasteiger partial charge in [-0.15, -0.1) is 0 Å². The molecule has 0 radical (unpaired) electrons. The van der Waals surface area contributed by atoms with Crippen LogP contribution in [-0.4, -0.2) is 38.0 Å². The van der Waals surface area contributed by atoms with E-state index in [-0.39, 0.29) is 11.2 Å². The molecule has 1 unspecified atom stereocenters. The third-order valence-corrected chi connectivity index (χ3v) is 8.86. The van der Waals surface area contributed by atoms with Gasteiger partial charge in [-0.05, 0) is 106 Å². The number of nitrogens with zero attached hydrogens (tertiary/aromatic N) is 1. The molecule has 2 aliphatic heterocycles. The van der Waals surface area contributed by atoms with Crippen molar-refractivity contribution in [2.24, 2.45) is 5.41 Å². The highest BCUT2D eigenvalue weighted by Gasteiger charge is 2.36. The molecule has 0 bridgehead atoms. The van der Waals surface area contributed by atoms with Gasteiger partial charge in [-0.3, -0.25) is 0 Å². The van der Waals surface area contributed by atoms with Crippen molar-refractivity contribution in [1.29, 1.82) is 0 Å². The van der Waals surface area contributed by atoms with Crippen LogP contribution in [0.1, 0.15) is 83.0 Å². The molecule has 3 aromatic rings. The average Bonchev–Trinajstić information content (AvgIpc) is 3.00. The van der Waals surface area contributed by atoms with Crippen LogP contribution in [0.4, 0.5) is 14.9 Å². The van der Waals surface area contributed by atoms with Gasteiger partial charge in [0.15, 0.2) is 0 Å². The number of piperidine rings is 1. The Bertz CT molecular complexity index is 1430. The number of halogens is 1. The Hall–Kier alpha value is -3.58. The molecule has 1 atom stereocenters. The molecule has 0 saturated carbocycles. The van der Waals surface area contributed by atoms with Gasteiger partial charge in [-0.25, -0.2) is 9.18 Å². The first-order valence-electron chi connectivity index (χ1n) is 16.0. The highest BCUT2D eigenvalue weighted by atomic mass is 19.1. The van der Waals surface area contributed by atoms with Crippen LogP contribution < -0.4 is 15.0 Å². The van der Waals surface area contributed by atoms with Crippen LogP contribution in [0.15, 0.2) is 60.7 Å². The minimum Gasteiger partial charge on any atom is -0.489 e. The van der Waals surface area contributed by atoms with Crippen LogP contribution in [0, 0.1) is 11.2 Å². The number of amides is 1. The van der Waals surface area contributed by atoms with Crippen LogP contribution in [0.2, 0.25) is 0 Å². The molecule has 7 heteroatoms. The van der Waals surface area contributed by atoms with Gasteiger partial charge in [0, 0.05) is 36.5 Å². The Morgan fingerprint density at radius 2 is 1.84 bits per heavy atom. The zero-order chi connectivity index (χ0) is 31.3. The van der Waals surface area contributed by atoms with Gasteiger partial charge in [-0.2, -0.15) is 0 Å². The number of nitrogens with one attached hydrogen (secondary N) is 1. The monoisotopic (exact) mass is 602 g/mol. The number of aryl methyl sites for hydroxylation is 1. The number of carbonyl (C=O) groups is 1. The first-order valence-corrected chi connectivity index (χ1v) is 16.0. The molecule has 2 fully saturated rings. The quantitative estimate of drug-likeness (QED) is 0.280. The largest absolute Gasteiger partial charge is 0.489 e. The Kier molecular flexibility index (Phi) is 9.84. The standard InChI is InChI=1S/C37H47FN2O4/c1-6-28-11-7-8-14-33(28)43-24-27-21-29(23-30(22-27)40-18-16-37(17-19-40)15-10-20-42-25-37)32-13-9-12-31(34(32)38)26(2)39-35(41)44-36(3,4)5/h7-9,11-14,21-23,26H,6,10,15-20,24-25H2,1-5H3,(H,39,41). The summed E-state index contributed by atoms with van der Waals surface area (Å²) in [6.45, 7) is 13.3. The lowest BCUT2D eigenvalue weighted by Gasteiger charge is -2.44. The van der Waals surface area contributed by atoms with E-state index in [0.29, 0.717) is 17.7 Å². The normalized spacial score (nSPS) is 17.3. The fourth-order valence-corrected chi connectivity index (χ4v) is 6.41. The second-order valence-electron chi connectivity index (χ2n) is 13.4. The summed E-state index contributed by atoms with van der Waals surface area (Å²) < 4.78 is 33.8. The highest BCUT2D eigenvalue weighted by Crippen LogP contribution is 2.41. The maximum absolute atomic E-state index is 16.2. The fourth-order valence-electron chi connectivity index (χ4n) is 6.41. The summed E-state index contributed by atoms with van der Waals surface area (Å²) in [6, 6.07) is 19.2. The molecule has 2 saturated heterocycles. The van der Waals surface area contributed by atoms with Crippen molar-refractivity contribution < 1.29 is 23.4 Å². The van der Waals surface area contributed by atoms with Crippen molar-refractivity contribution in [1.82, 2.24) is 5.32 Å². The Morgan fingerprint density at radius 1 is 1.07 bits per heavy atom. The summed E-state index contributed by atoms with van der Waals surface area (Å²) in [5, 5.41) is 2.78. The van der Waals surface area contributed by atoms with Crippen molar-refractivity contribution in [3.63, 3.8) is 0 Å². The number of benzene rings is 3. The number of alkyl carbamates (subject to hydrolysis) is 1.